The van der Waals surface area contributed by atoms with Crippen LogP contribution < -0.4 is 4.90 Å². The number of aliphatic hydroxyl groups excluding tert-OH is 1. The maximum Gasteiger partial charge on any atom is 0.417 e. The molecule has 114 valence electrons. The van der Waals surface area contributed by atoms with Crippen LogP contribution in [0.15, 0.2) is 18.2 Å². The van der Waals surface area contributed by atoms with Crippen molar-refractivity contribution in [1.82, 2.24) is 0 Å². The number of hydrogen-bond acceptors (Lipinski definition) is 4. The smallest absolute Gasteiger partial charge is 0.394 e. The number of alkyl halides is 3. The van der Waals surface area contributed by atoms with Gasteiger partial charge in [0, 0.05) is 18.3 Å². The summed E-state index contributed by atoms with van der Waals surface area (Å²) >= 11 is 0. The molecule has 1 fully saturated rings. The van der Waals surface area contributed by atoms with Gasteiger partial charge >= 0.3 is 6.18 Å². The maximum atomic E-state index is 12.8. The Hall–Kier alpha value is -1.78. The summed E-state index contributed by atoms with van der Waals surface area (Å²) in [5, 5.41) is 18.1. The van der Waals surface area contributed by atoms with Gasteiger partial charge in [0.2, 0.25) is 0 Å². The third kappa shape index (κ3) is 3.28. The van der Waals surface area contributed by atoms with Gasteiger partial charge in [0.25, 0.3) is 0 Å². The van der Waals surface area contributed by atoms with E-state index in [9.17, 15) is 13.2 Å². The minimum atomic E-state index is -4.55. The summed E-state index contributed by atoms with van der Waals surface area (Å²) in [5.41, 5.74) is -0.818. The fraction of sp³-hybridized carbons (Fsp3) is 0.500. The summed E-state index contributed by atoms with van der Waals surface area (Å²) in [6.07, 6.45) is -4.93. The third-order valence-corrected chi connectivity index (χ3v) is 3.47. The van der Waals surface area contributed by atoms with Gasteiger partial charge in [-0.2, -0.15) is 18.4 Å². The van der Waals surface area contributed by atoms with Crippen LogP contribution in [0.4, 0.5) is 18.9 Å². The van der Waals surface area contributed by atoms with E-state index in [1.54, 1.807) is 6.07 Å². The summed E-state index contributed by atoms with van der Waals surface area (Å²) in [7, 11) is 0. The first-order valence-corrected chi connectivity index (χ1v) is 6.47. The van der Waals surface area contributed by atoms with Gasteiger partial charge in [-0.05, 0) is 25.1 Å². The predicted molar refractivity (Wildman–Crippen MR) is 69.8 cm³/mol. The van der Waals surface area contributed by atoms with Crippen LogP contribution in [0, 0.1) is 11.3 Å². The first-order chi connectivity index (χ1) is 9.86. The van der Waals surface area contributed by atoms with E-state index in [0.717, 1.165) is 6.07 Å². The molecule has 7 heteroatoms. The molecule has 1 heterocycles. The molecule has 1 N–H and O–H groups in total. The second-order valence-electron chi connectivity index (χ2n) is 4.98. The van der Waals surface area contributed by atoms with Gasteiger partial charge in [-0.1, -0.05) is 0 Å². The summed E-state index contributed by atoms with van der Waals surface area (Å²) < 4.78 is 43.7. The number of ether oxygens (including phenoxy) is 1. The number of aliphatic hydroxyl groups is 1. The third-order valence-electron chi connectivity index (χ3n) is 3.47. The zero-order chi connectivity index (χ0) is 15.6. The Labute approximate surface area is 120 Å². The Kier molecular flexibility index (Phi) is 4.40. The van der Waals surface area contributed by atoms with Gasteiger partial charge in [-0.15, -0.1) is 0 Å². The molecule has 1 aliphatic heterocycles. The second kappa shape index (κ2) is 5.92. The summed E-state index contributed by atoms with van der Waals surface area (Å²) in [6.45, 7) is 2.45. The van der Waals surface area contributed by atoms with Crippen molar-refractivity contribution in [3.05, 3.63) is 29.3 Å². The molecule has 1 aliphatic rings. The highest BCUT2D eigenvalue weighted by Crippen LogP contribution is 2.34. The molecule has 0 saturated carbocycles. The summed E-state index contributed by atoms with van der Waals surface area (Å²) in [4.78, 5) is 1.84. The van der Waals surface area contributed by atoms with Gasteiger partial charge in [0.1, 0.15) is 0 Å². The van der Waals surface area contributed by atoms with Crippen molar-refractivity contribution < 1.29 is 23.0 Å². The molecule has 1 saturated heterocycles. The van der Waals surface area contributed by atoms with Gasteiger partial charge in [0.05, 0.1) is 36.5 Å². The molecule has 2 unspecified atom stereocenters. The first kappa shape index (κ1) is 15.6. The van der Waals surface area contributed by atoms with Crippen molar-refractivity contribution in [2.75, 3.05) is 24.7 Å². The first-order valence-electron chi connectivity index (χ1n) is 6.47. The van der Waals surface area contributed by atoms with Crippen LogP contribution in [0.2, 0.25) is 0 Å². The average molecular weight is 300 g/mol. The monoisotopic (exact) mass is 300 g/mol. The number of anilines is 1. The highest BCUT2D eigenvalue weighted by atomic mass is 19.4. The molecule has 0 bridgehead atoms. The van der Waals surface area contributed by atoms with Crippen molar-refractivity contribution in [3.63, 3.8) is 0 Å². The molecule has 2 rings (SSSR count). The Morgan fingerprint density at radius 2 is 2.19 bits per heavy atom. The number of nitriles is 1. The van der Waals surface area contributed by atoms with Crippen molar-refractivity contribution in [1.29, 1.82) is 5.26 Å². The van der Waals surface area contributed by atoms with Crippen LogP contribution in [0.25, 0.3) is 0 Å². The van der Waals surface area contributed by atoms with Crippen LogP contribution in [0.1, 0.15) is 18.1 Å². The van der Waals surface area contributed by atoms with E-state index in [2.05, 4.69) is 0 Å². The highest BCUT2D eigenvalue weighted by Gasteiger charge is 2.34. The number of hydrogen-bond donors (Lipinski definition) is 1. The van der Waals surface area contributed by atoms with Crippen LogP contribution in [-0.4, -0.2) is 37.0 Å². The van der Waals surface area contributed by atoms with Crippen LogP contribution in [0.3, 0.4) is 0 Å². The normalized spacial score (nSPS) is 23.0. The molecule has 0 aromatic heterocycles. The molecule has 1 aromatic carbocycles. The zero-order valence-electron chi connectivity index (χ0n) is 11.4. The Morgan fingerprint density at radius 1 is 1.48 bits per heavy atom. The predicted octanol–water partition coefficient (Wildman–Crippen LogP) is 2.16. The lowest BCUT2D eigenvalue weighted by Gasteiger charge is -2.39. The van der Waals surface area contributed by atoms with E-state index in [0.29, 0.717) is 18.8 Å². The highest BCUT2D eigenvalue weighted by molar-refractivity contribution is 5.56. The van der Waals surface area contributed by atoms with Gasteiger partial charge < -0.3 is 14.7 Å². The van der Waals surface area contributed by atoms with Crippen molar-refractivity contribution >= 4 is 5.69 Å². The molecule has 21 heavy (non-hydrogen) atoms. The van der Waals surface area contributed by atoms with E-state index >= 15 is 0 Å². The lowest BCUT2D eigenvalue weighted by atomic mass is 10.0. The van der Waals surface area contributed by atoms with Crippen LogP contribution >= 0.6 is 0 Å². The molecule has 4 nitrogen and oxygen atoms in total. The molecule has 2 atom stereocenters. The van der Waals surface area contributed by atoms with Crippen molar-refractivity contribution in [2.24, 2.45) is 0 Å². The number of rotatable bonds is 2. The van der Waals surface area contributed by atoms with Crippen LogP contribution in [0.5, 0.6) is 0 Å². The van der Waals surface area contributed by atoms with Crippen LogP contribution in [-0.2, 0) is 10.9 Å². The number of morpholine rings is 1. The molecule has 0 amide bonds. The molecular formula is C14H15F3N2O2. The molecule has 0 aliphatic carbocycles. The maximum absolute atomic E-state index is 12.8. The number of benzene rings is 1. The fourth-order valence-corrected chi connectivity index (χ4v) is 2.34. The van der Waals surface area contributed by atoms with Gasteiger partial charge in [-0.3, -0.25) is 0 Å². The van der Waals surface area contributed by atoms with E-state index < -0.39 is 17.3 Å². The Morgan fingerprint density at radius 3 is 2.76 bits per heavy atom. The minimum Gasteiger partial charge on any atom is -0.394 e. The lowest BCUT2D eigenvalue weighted by molar-refractivity contribution is -0.137. The van der Waals surface area contributed by atoms with E-state index in [1.165, 1.54) is 12.1 Å². The number of nitrogens with zero attached hydrogens (tertiary/aromatic N) is 2. The standard InChI is InChI=1S/C14H15F3N2O2/c1-9-8-21-12(7-20)6-19(9)11-2-3-13(14(15,16)17)10(4-11)5-18/h2-4,9,12,20H,6-8H2,1H3. The summed E-state index contributed by atoms with van der Waals surface area (Å²) in [5.74, 6) is 0. The van der Waals surface area contributed by atoms with Crippen molar-refractivity contribution in [3.8, 4) is 6.07 Å². The van der Waals surface area contributed by atoms with Gasteiger partial charge in [0.15, 0.2) is 0 Å². The van der Waals surface area contributed by atoms with E-state index in [4.69, 9.17) is 15.1 Å². The largest absolute Gasteiger partial charge is 0.417 e. The average Bonchev–Trinajstić information content (AvgIpc) is 2.46. The zero-order valence-corrected chi connectivity index (χ0v) is 11.4. The molecule has 1 aromatic rings. The molecular weight excluding hydrogens is 285 g/mol. The Balaban J connectivity index is 2.34. The van der Waals surface area contributed by atoms with E-state index in [-0.39, 0.29) is 18.8 Å². The SMILES string of the molecule is CC1COC(CO)CN1c1ccc(C(F)(F)F)c(C#N)c1. The topological polar surface area (TPSA) is 56.5 Å². The lowest BCUT2D eigenvalue weighted by Crippen LogP contribution is -2.49. The molecule has 0 radical (unpaired) electrons. The van der Waals surface area contributed by atoms with Crippen molar-refractivity contribution in [2.45, 2.75) is 25.2 Å². The number of halogens is 3. The molecule has 0 spiro atoms. The van der Waals surface area contributed by atoms with E-state index in [1.807, 2.05) is 11.8 Å². The fourth-order valence-electron chi connectivity index (χ4n) is 2.34. The van der Waals surface area contributed by atoms with Gasteiger partial charge in [-0.25, -0.2) is 0 Å². The Bertz CT molecular complexity index is 554. The summed E-state index contributed by atoms with van der Waals surface area (Å²) in [6, 6.07) is 5.05. The quantitative estimate of drug-likeness (QED) is 0.909. The minimum absolute atomic E-state index is 0.0453. The second-order valence-corrected chi connectivity index (χ2v) is 4.98.